The van der Waals surface area contributed by atoms with Crippen molar-refractivity contribution in [3.63, 3.8) is 0 Å². The van der Waals surface area contributed by atoms with Gasteiger partial charge in [0.25, 0.3) is 5.91 Å². The third-order valence-corrected chi connectivity index (χ3v) is 4.56. The topological polar surface area (TPSA) is 104 Å². The number of carbonyl (C=O) groups excluding carboxylic acids is 2. The summed E-state index contributed by atoms with van der Waals surface area (Å²) in [6, 6.07) is 13.8. The summed E-state index contributed by atoms with van der Waals surface area (Å²) in [7, 11) is 1.51. The molecular formula is C24H25NO7. The van der Waals surface area contributed by atoms with E-state index in [1.54, 1.807) is 12.1 Å². The van der Waals surface area contributed by atoms with Crippen LogP contribution in [0.1, 0.15) is 28.8 Å². The number of aryl methyl sites for hydroxylation is 1. The zero-order valence-corrected chi connectivity index (χ0v) is 18.0. The number of hydrogen-bond acceptors (Lipinski definition) is 7. The summed E-state index contributed by atoms with van der Waals surface area (Å²) in [6.07, 6.45) is 0.672. The van der Waals surface area contributed by atoms with Crippen LogP contribution in [0.3, 0.4) is 0 Å². The number of rotatable bonds is 10. The minimum Gasteiger partial charge on any atom is -0.494 e. The Labute approximate surface area is 185 Å². The van der Waals surface area contributed by atoms with Crippen molar-refractivity contribution in [1.29, 1.82) is 0 Å². The van der Waals surface area contributed by atoms with Crippen LogP contribution in [0.5, 0.6) is 11.5 Å². The number of benzene rings is 2. The lowest BCUT2D eigenvalue weighted by Crippen LogP contribution is -2.30. The number of nitrogens with one attached hydrogen (secondary N) is 1. The molecule has 3 aromatic rings. The molecule has 168 valence electrons. The first kappa shape index (κ1) is 23.0. The average Bonchev–Trinajstić information content (AvgIpc) is 2.76. The largest absolute Gasteiger partial charge is 0.494 e. The van der Waals surface area contributed by atoms with Gasteiger partial charge >= 0.3 is 11.6 Å². The van der Waals surface area contributed by atoms with Gasteiger partial charge in [0.15, 0.2) is 0 Å². The molecule has 8 nitrogen and oxygen atoms in total. The van der Waals surface area contributed by atoms with Crippen LogP contribution >= 0.6 is 0 Å². The van der Waals surface area contributed by atoms with Gasteiger partial charge in [0.2, 0.25) is 0 Å². The van der Waals surface area contributed by atoms with Gasteiger partial charge in [-0.2, -0.15) is 0 Å². The molecule has 0 radical (unpaired) electrons. The fourth-order valence-electron chi connectivity index (χ4n) is 2.97. The predicted octanol–water partition coefficient (Wildman–Crippen LogP) is 3.24. The Morgan fingerprint density at radius 2 is 1.88 bits per heavy atom. The smallest absolute Gasteiger partial charge is 0.349 e. The molecule has 1 amide bonds. The Hall–Kier alpha value is -3.65. The van der Waals surface area contributed by atoms with Crippen molar-refractivity contribution >= 4 is 22.8 Å². The third-order valence-electron chi connectivity index (χ3n) is 4.56. The van der Waals surface area contributed by atoms with Crippen LogP contribution in [0, 0.1) is 6.92 Å². The number of carbonyl (C=O) groups is 2. The van der Waals surface area contributed by atoms with Gasteiger partial charge in [-0.15, -0.1) is 0 Å². The zero-order valence-electron chi connectivity index (χ0n) is 18.0. The Bertz CT molecular complexity index is 1150. The molecule has 0 bridgehead atoms. The normalized spacial score (nSPS) is 10.7. The Morgan fingerprint density at radius 3 is 2.66 bits per heavy atom. The molecule has 8 heteroatoms. The predicted molar refractivity (Wildman–Crippen MR) is 118 cm³/mol. The summed E-state index contributed by atoms with van der Waals surface area (Å²) in [4.78, 5) is 36.4. The Morgan fingerprint density at radius 1 is 1.03 bits per heavy atom. The number of methoxy groups -OCH3 is 1. The molecule has 1 aromatic heterocycles. The summed E-state index contributed by atoms with van der Waals surface area (Å²) >= 11 is 0. The third kappa shape index (κ3) is 6.42. The minimum atomic E-state index is -0.774. The highest BCUT2D eigenvalue weighted by molar-refractivity contribution is 5.96. The zero-order chi connectivity index (χ0) is 22.9. The van der Waals surface area contributed by atoms with E-state index in [1.165, 1.54) is 19.2 Å². The monoisotopic (exact) mass is 439 g/mol. The van der Waals surface area contributed by atoms with Crippen LogP contribution in [0.2, 0.25) is 0 Å². The molecule has 1 N–H and O–H groups in total. The standard InChI is InChI=1S/C24H25NO7/c1-16-5-3-6-18(13-16)30-11-4-7-22(26)31-19-9-8-17-14-20(23(27)25-10-12-29-2)24(28)32-21(17)15-19/h3,5-6,8-9,13-15H,4,7,10-12H2,1-2H3,(H,25,27). The van der Waals surface area contributed by atoms with Crippen LogP contribution < -0.4 is 20.4 Å². The summed E-state index contributed by atoms with van der Waals surface area (Å²) in [6.45, 7) is 2.98. The van der Waals surface area contributed by atoms with Crippen LogP contribution in [-0.4, -0.2) is 38.7 Å². The molecule has 2 aromatic carbocycles. The molecule has 0 aliphatic heterocycles. The van der Waals surface area contributed by atoms with Gasteiger partial charge in [-0.1, -0.05) is 12.1 Å². The van der Waals surface area contributed by atoms with Gasteiger partial charge in [0.05, 0.1) is 13.2 Å². The highest BCUT2D eigenvalue weighted by Crippen LogP contribution is 2.21. The highest BCUT2D eigenvalue weighted by Gasteiger charge is 2.14. The van der Waals surface area contributed by atoms with E-state index >= 15 is 0 Å². The van der Waals surface area contributed by atoms with Crippen molar-refractivity contribution in [1.82, 2.24) is 5.32 Å². The SMILES string of the molecule is COCCNC(=O)c1cc2ccc(OC(=O)CCCOc3cccc(C)c3)cc2oc1=O. The van der Waals surface area contributed by atoms with Crippen LogP contribution in [0.15, 0.2) is 57.7 Å². The molecule has 3 rings (SSSR count). The minimum absolute atomic E-state index is 0.105. The molecule has 0 saturated carbocycles. The van der Waals surface area contributed by atoms with E-state index in [9.17, 15) is 14.4 Å². The first-order valence-corrected chi connectivity index (χ1v) is 10.2. The molecule has 0 aliphatic carbocycles. The van der Waals surface area contributed by atoms with E-state index in [2.05, 4.69) is 5.32 Å². The van der Waals surface area contributed by atoms with Gasteiger partial charge in [0.1, 0.15) is 22.6 Å². The second kappa shape index (κ2) is 11.1. The molecule has 0 saturated heterocycles. The fourth-order valence-corrected chi connectivity index (χ4v) is 2.97. The van der Waals surface area contributed by atoms with Gasteiger partial charge < -0.3 is 23.9 Å². The van der Waals surface area contributed by atoms with E-state index in [0.717, 1.165) is 11.3 Å². The molecule has 1 heterocycles. The quantitative estimate of drug-likeness (QED) is 0.224. The maximum absolute atomic E-state index is 12.2. The van der Waals surface area contributed by atoms with Crippen molar-refractivity contribution in [3.05, 3.63) is 70.1 Å². The lowest BCUT2D eigenvalue weighted by Gasteiger charge is -2.08. The van der Waals surface area contributed by atoms with Gasteiger partial charge in [0, 0.05) is 31.5 Å². The number of ether oxygens (including phenoxy) is 3. The summed E-state index contributed by atoms with van der Waals surface area (Å²) in [5.74, 6) is 0.0481. The van der Waals surface area contributed by atoms with E-state index in [4.69, 9.17) is 18.6 Å². The van der Waals surface area contributed by atoms with Crippen LogP contribution in [0.25, 0.3) is 11.0 Å². The fraction of sp³-hybridized carbons (Fsp3) is 0.292. The van der Waals surface area contributed by atoms with Crippen molar-refractivity contribution in [3.8, 4) is 11.5 Å². The van der Waals surface area contributed by atoms with Crippen LogP contribution in [0.4, 0.5) is 0 Å². The Balaban J connectivity index is 1.55. The van der Waals surface area contributed by atoms with E-state index in [0.29, 0.717) is 25.0 Å². The van der Waals surface area contributed by atoms with Gasteiger partial charge in [-0.05, 0) is 49.2 Å². The average molecular weight is 439 g/mol. The lowest BCUT2D eigenvalue weighted by molar-refractivity contribution is -0.134. The summed E-state index contributed by atoms with van der Waals surface area (Å²) in [5, 5.41) is 3.11. The molecule has 32 heavy (non-hydrogen) atoms. The van der Waals surface area contributed by atoms with Gasteiger partial charge in [-0.25, -0.2) is 4.79 Å². The molecule has 0 atom stereocenters. The summed E-state index contributed by atoms with van der Waals surface area (Å²) in [5.41, 5.74) is 0.441. The van der Waals surface area contributed by atoms with Gasteiger partial charge in [-0.3, -0.25) is 9.59 Å². The first-order chi connectivity index (χ1) is 15.5. The Kier molecular flexibility index (Phi) is 7.99. The molecular weight excluding hydrogens is 414 g/mol. The number of esters is 1. The highest BCUT2D eigenvalue weighted by atomic mass is 16.5. The van der Waals surface area contributed by atoms with Crippen molar-refractivity contribution in [2.45, 2.75) is 19.8 Å². The van der Waals surface area contributed by atoms with E-state index in [1.807, 2.05) is 31.2 Å². The first-order valence-electron chi connectivity index (χ1n) is 10.2. The molecule has 0 spiro atoms. The number of amides is 1. The number of fused-ring (bicyclic) bond motifs is 1. The second-order valence-electron chi connectivity index (χ2n) is 7.14. The van der Waals surface area contributed by atoms with Crippen molar-refractivity contribution in [2.75, 3.05) is 26.9 Å². The number of hydrogen-bond donors (Lipinski definition) is 1. The maximum atomic E-state index is 12.2. The maximum Gasteiger partial charge on any atom is 0.349 e. The van der Waals surface area contributed by atoms with Crippen molar-refractivity contribution in [2.24, 2.45) is 0 Å². The molecule has 0 fully saturated rings. The van der Waals surface area contributed by atoms with Crippen LogP contribution in [-0.2, 0) is 9.53 Å². The van der Waals surface area contributed by atoms with Crippen molar-refractivity contribution < 1.29 is 28.2 Å². The van der Waals surface area contributed by atoms with E-state index < -0.39 is 17.5 Å². The summed E-state index contributed by atoms with van der Waals surface area (Å²) < 4.78 is 21.1. The molecule has 0 unspecified atom stereocenters. The second-order valence-corrected chi connectivity index (χ2v) is 7.14. The molecule has 0 aliphatic rings. The van der Waals surface area contributed by atoms with E-state index in [-0.39, 0.29) is 29.9 Å². The lowest BCUT2D eigenvalue weighted by atomic mass is 10.1.